The summed E-state index contributed by atoms with van der Waals surface area (Å²) in [5.74, 6) is 0.704. The molecule has 2 aliphatic heterocycles. The van der Waals surface area contributed by atoms with Crippen LogP contribution in [0.15, 0.2) is 46.0 Å². The molecule has 1 N–H and O–H groups in total. The van der Waals surface area contributed by atoms with E-state index in [0.717, 1.165) is 46.9 Å². The van der Waals surface area contributed by atoms with Crippen LogP contribution in [0.5, 0.6) is 0 Å². The van der Waals surface area contributed by atoms with Crippen LogP contribution in [0.25, 0.3) is 11.8 Å². The van der Waals surface area contributed by atoms with Gasteiger partial charge in [-0.2, -0.15) is 15.1 Å². The van der Waals surface area contributed by atoms with Crippen molar-refractivity contribution in [3.8, 4) is 5.69 Å². The maximum atomic E-state index is 12.9. The monoisotopic (exact) mass is 487 g/mol. The lowest BCUT2D eigenvalue weighted by atomic mass is 9.90. The predicted octanol–water partition coefficient (Wildman–Crippen LogP) is 6.81. The minimum atomic E-state index is -0.364. The number of hydrogen-bond acceptors (Lipinski definition) is 4. The molecule has 35 heavy (non-hydrogen) atoms. The smallest absolute Gasteiger partial charge is 0.283 e. The van der Waals surface area contributed by atoms with Crippen LogP contribution in [0.3, 0.4) is 0 Å². The van der Waals surface area contributed by atoms with Crippen LogP contribution in [-0.4, -0.2) is 31.5 Å². The molecule has 1 saturated carbocycles. The minimum absolute atomic E-state index is 0.112. The van der Waals surface area contributed by atoms with E-state index in [0.29, 0.717) is 17.0 Å². The molecule has 1 fully saturated rings. The molecule has 1 amide bonds. The first-order valence-electron chi connectivity index (χ1n) is 12.7. The standard InChI is InChI=1S/C28H33N5OS/c1-5-17(2)20-11-13-23(14-12-20)32-18(3)15-22(19(32)4)16-24-25(29)33-28(30-26(24)34)35-27(31-33)21-9-7-6-8-10-21/h11-17,21,29H,5-10H2,1-4H3. The molecule has 6 nitrogen and oxygen atoms in total. The van der Waals surface area contributed by atoms with Gasteiger partial charge < -0.3 is 4.57 Å². The summed E-state index contributed by atoms with van der Waals surface area (Å²) < 4.78 is 2.20. The van der Waals surface area contributed by atoms with E-state index >= 15 is 0 Å². The quantitative estimate of drug-likeness (QED) is 0.471. The summed E-state index contributed by atoms with van der Waals surface area (Å²) in [6, 6.07) is 10.8. The topological polar surface area (TPSA) is 73.8 Å². The summed E-state index contributed by atoms with van der Waals surface area (Å²) in [6.07, 6.45) is 8.88. The maximum Gasteiger partial charge on any atom is 0.283 e. The van der Waals surface area contributed by atoms with E-state index in [-0.39, 0.29) is 17.3 Å². The Morgan fingerprint density at radius 2 is 1.89 bits per heavy atom. The van der Waals surface area contributed by atoms with E-state index in [4.69, 9.17) is 10.5 Å². The van der Waals surface area contributed by atoms with Crippen molar-refractivity contribution >= 4 is 39.8 Å². The molecule has 1 aliphatic carbocycles. The number of rotatable bonds is 5. The highest BCUT2D eigenvalue weighted by atomic mass is 32.2. The van der Waals surface area contributed by atoms with Crippen molar-refractivity contribution in [2.45, 2.75) is 72.1 Å². The van der Waals surface area contributed by atoms with E-state index < -0.39 is 0 Å². The summed E-state index contributed by atoms with van der Waals surface area (Å²) in [4.78, 5) is 17.2. The average molecular weight is 488 g/mol. The maximum absolute atomic E-state index is 12.9. The van der Waals surface area contributed by atoms with Crippen molar-refractivity contribution in [3.05, 3.63) is 58.4 Å². The first kappa shape index (κ1) is 23.8. The van der Waals surface area contributed by atoms with Gasteiger partial charge in [-0.15, -0.1) is 0 Å². The number of aliphatic imine (C=N–C) groups is 1. The van der Waals surface area contributed by atoms with Gasteiger partial charge in [-0.05, 0) is 86.2 Å². The van der Waals surface area contributed by atoms with Gasteiger partial charge in [0.15, 0.2) is 5.84 Å². The third kappa shape index (κ3) is 4.42. The zero-order chi connectivity index (χ0) is 24.7. The summed E-state index contributed by atoms with van der Waals surface area (Å²) >= 11 is 1.46. The molecule has 2 aromatic rings. The lowest BCUT2D eigenvalue weighted by Gasteiger charge is -2.20. The van der Waals surface area contributed by atoms with Gasteiger partial charge in [0.25, 0.3) is 5.91 Å². The second kappa shape index (κ2) is 9.61. The van der Waals surface area contributed by atoms with Crippen LogP contribution in [0, 0.1) is 25.2 Å². The Morgan fingerprint density at radius 3 is 2.57 bits per heavy atom. The Hall–Kier alpha value is -2.93. The van der Waals surface area contributed by atoms with Crippen LogP contribution in [-0.2, 0) is 4.79 Å². The molecule has 0 spiro atoms. The molecule has 0 saturated heterocycles. The van der Waals surface area contributed by atoms with E-state index in [9.17, 15) is 4.79 Å². The van der Waals surface area contributed by atoms with Crippen LogP contribution < -0.4 is 0 Å². The van der Waals surface area contributed by atoms with E-state index in [1.807, 2.05) is 0 Å². The number of nitrogens with zero attached hydrogens (tertiary/aromatic N) is 4. The van der Waals surface area contributed by atoms with E-state index in [2.05, 4.69) is 67.6 Å². The largest absolute Gasteiger partial charge is 0.318 e. The summed E-state index contributed by atoms with van der Waals surface area (Å²) in [5.41, 5.74) is 5.76. The summed E-state index contributed by atoms with van der Waals surface area (Å²) in [7, 11) is 0. The van der Waals surface area contributed by atoms with Crippen molar-refractivity contribution in [1.29, 1.82) is 5.41 Å². The number of hydrazone groups is 1. The fraction of sp³-hybridized carbons (Fsp3) is 0.429. The summed E-state index contributed by atoms with van der Waals surface area (Å²) in [6.45, 7) is 8.58. The number of benzene rings is 1. The Kier molecular flexibility index (Phi) is 6.53. The van der Waals surface area contributed by atoms with Crippen LogP contribution in [0.4, 0.5) is 0 Å². The Balaban J connectivity index is 1.44. The SMILES string of the molecule is CCC(C)c1ccc(-n2c(C)cc(C=C3C(=N)N4N=C(C5CCCCC5)SC4=NC3=O)c2C)cc1. The number of nitrogens with one attached hydrogen (secondary N) is 1. The Bertz CT molecular complexity index is 1260. The normalized spacial score (nSPS) is 20.8. The average Bonchev–Trinajstić information content (AvgIpc) is 3.42. The number of carbonyl (C=O) groups is 1. The number of aryl methyl sites for hydroxylation is 1. The number of fused-ring (bicyclic) bond motifs is 1. The lowest BCUT2D eigenvalue weighted by Crippen LogP contribution is -2.35. The number of aromatic nitrogens is 1. The van der Waals surface area contributed by atoms with Crippen molar-refractivity contribution in [3.63, 3.8) is 0 Å². The third-order valence-electron chi connectivity index (χ3n) is 7.53. The van der Waals surface area contributed by atoms with Gasteiger partial charge in [-0.1, -0.05) is 45.2 Å². The Labute approximate surface area is 211 Å². The zero-order valence-electron chi connectivity index (χ0n) is 21.0. The third-order valence-corrected chi connectivity index (χ3v) is 8.60. The van der Waals surface area contributed by atoms with Crippen molar-refractivity contribution in [1.82, 2.24) is 9.58 Å². The molecule has 1 aromatic heterocycles. The molecular weight excluding hydrogens is 454 g/mol. The van der Waals surface area contributed by atoms with Crippen molar-refractivity contribution < 1.29 is 4.79 Å². The second-order valence-electron chi connectivity index (χ2n) is 9.86. The predicted molar refractivity (Wildman–Crippen MR) is 146 cm³/mol. The molecule has 7 heteroatoms. The van der Waals surface area contributed by atoms with Crippen LogP contribution in [0.1, 0.15) is 80.8 Å². The first-order valence-corrected chi connectivity index (χ1v) is 13.5. The van der Waals surface area contributed by atoms with Gasteiger partial charge in [-0.25, -0.2) is 0 Å². The van der Waals surface area contributed by atoms with Crippen molar-refractivity contribution in [2.24, 2.45) is 16.0 Å². The number of thioether (sulfide) groups is 1. The van der Waals surface area contributed by atoms with Gasteiger partial charge in [-0.3, -0.25) is 10.2 Å². The Morgan fingerprint density at radius 1 is 1.17 bits per heavy atom. The van der Waals surface area contributed by atoms with E-state index in [1.54, 1.807) is 11.1 Å². The fourth-order valence-electron chi connectivity index (χ4n) is 5.20. The molecule has 3 heterocycles. The number of carbonyl (C=O) groups excluding carboxylic acids is 1. The van der Waals surface area contributed by atoms with Gasteiger partial charge in [0, 0.05) is 23.0 Å². The van der Waals surface area contributed by atoms with Crippen molar-refractivity contribution in [2.75, 3.05) is 0 Å². The summed E-state index contributed by atoms with van der Waals surface area (Å²) in [5, 5.41) is 16.6. The highest BCUT2D eigenvalue weighted by Crippen LogP contribution is 2.36. The first-order chi connectivity index (χ1) is 16.9. The highest BCUT2D eigenvalue weighted by Gasteiger charge is 2.38. The number of amidine groups is 2. The van der Waals surface area contributed by atoms with Crippen LogP contribution in [0.2, 0.25) is 0 Å². The zero-order valence-corrected chi connectivity index (χ0v) is 21.8. The molecule has 1 unspecified atom stereocenters. The second-order valence-corrected chi connectivity index (χ2v) is 10.8. The van der Waals surface area contributed by atoms with Gasteiger partial charge in [0.1, 0.15) is 5.04 Å². The molecule has 3 aliphatic rings. The van der Waals surface area contributed by atoms with Gasteiger partial charge in [0.05, 0.1) is 5.57 Å². The lowest BCUT2D eigenvalue weighted by molar-refractivity contribution is -0.114. The molecule has 5 rings (SSSR count). The molecule has 182 valence electrons. The van der Waals surface area contributed by atoms with Gasteiger partial charge in [0.2, 0.25) is 5.17 Å². The molecule has 0 bridgehead atoms. The number of amides is 1. The molecule has 1 atom stereocenters. The van der Waals surface area contributed by atoms with Crippen LogP contribution >= 0.6 is 11.8 Å². The fourth-order valence-corrected chi connectivity index (χ4v) is 6.25. The minimum Gasteiger partial charge on any atom is -0.318 e. The highest BCUT2D eigenvalue weighted by molar-refractivity contribution is 8.27. The van der Waals surface area contributed by atoms with E-state index in [1.165, 1.54) is 36.6 Å². The molecule has 0 radical (unpaired) electrons. The molecule has 1 aromatic carbocycles. The molecular formula is C28H33N5OS. The van der Waals surface area contributed by atoms with Gasteiger partial charge >= 0.3 is 0 Å². The number of hydrogen-bond donors (Lipinski definition) is 1.